The summed E-state index contributed by atoms with van der Waals surface area (Å²) in [6, 6.07) is 4.76. The Morgan fingerprint density at radius 1 is 1.47 bits per heavy atom. The summed E-state index contributed by atoms with van der Waals surface area (Å²) < 4.78 is 0. The lowest BCUT2D eigenvalue weighted by Gasteiger charge is -2.25. The highest BCUT2D eigenvalue weighted by molar-refractivity contribution is 9.09. The normalized spacial score (nSPS) is 11.3. The largest absolute Gasteiger partial charge is 0.508 e. The lowest BCUT2D eigenvalue weighted by molar-refractivity contribution is 0.0911. The van der Waals surface area contributed by atoms with Crippen molar-refractivity contribution in [3.63, 3.8) is 0 Å². The number of carbonyl (C=O) groups is 1. The molecule has 0 aliphatic heterocycles. The summed E-state index contributed by atoms with van der Waals surface area (Å²) >= 11 is 3.37. The van der Waals surface area contributed by atoms with Crippen molar-refractivity contribution in [3.8, 4) is 5.75 Å². The summed E-state index contributed by atoms with van der Waals surface area (Å²) in [7, 11) is 0. The van der Waals surface area contributed by atoms with E-state index in [1.807, 2.05) is 20.8 Å². The van der Waals surface area contributed by atoms with Crippen LogP contribution in [0.15, 0.2) is 18.2 Å². The number of phenols is 1. The third-order valence-corrected chi connectivity index (χ3v) is 3.02. The van der Waals surface area contributed by atoms with Gasteiger partial charge in [0.25, 0.3) is 5.91 Å². The molecule has 0 fully saturated rings. The van der Waals surface area contributed by atoms with Crippen LogP contribution in [0.2, 0.25) is 0 Å². The number of aryl methyl sites for hydroxylation is 1. The van der Waals surface area contributed by atoms with Crippen molar-refractivity contribution in [1.29, 1.82) is 0 Å². The topological polar surface area (TPSA) is 49.3 Å². The highest BCUT2D eigenvalue weighted by Crippen LogP contribution is 2.17. The molecule has 4 heteroatoms. The number of carbonyl (C=O) groups excluding carboxylic acids is 1. The third kappa shape index (κ3) is 4.04. The molecule has 1 aromatic carbocycles. The van der Waals surface area contributed by atoms with E-state index in [0.717, 1.165) is 17.3 Å². The van der Waals surface area contributed by atoms with Gasteiger partial charge in [-0.15, -0.1) is 0 Å². The lowest BCUT2D eigenvalue weighted by atomic mass is 10.00. The Balaban J connectivity index is 2.83. The van der Waals surface area contributed by atoms with Crippen molar-refractivity contribution in [2.24, 2.45) is 0 Å². The molecule has 0 heterocycles. The molecule has 1 rings (SSSR count). The molecule has 0 aliphatic rings. The number of phenolic OH excluding ortho intramolecular Hbond substituents is 1. The Hall–Kier alpha value is -1.03. The van der Waals surface area contributed by atoms with Crippen molar-refractivity contribution < 1.29 is 9.90 Å². The molecule has 1 amide bonds. The lowest BCUT2D eigenvalue weighted by Crippen LogP contribution is -2.43. The van der Waals surface area contributed by atoms with Crippen LogP contribution in [0.1, 0.15) is 36.2 Å². The number of amides is 1. The molecule has 0 radical (unpaired) electrons. The van der Waals surface area contributed by atoms with Gasteiger partial charge >= 0.3 is 0 Å². The SMILES string of the molecule is Cc1cc(O)ccc1C(=O)NC(C)(C)CCBr. The fourth-order valence-electron chi connectivity index (χ4n) is 1.58. The molecule has 3 nitrogen and oxygen atoms in total. The molecular formula is C13H18BrNO2. The fourth-order valence-corrected chi connectivity index (χ4v) is 2.57. The van der Waals surface area contributed by atoms with Crippen LogP contribution >= 0.6 is 15.9 Å². The minimum Gasteiger partial charge on any atom is -0.508 e. The second-order valence-corrected chi connectivity index (χ2v) is 5.57. The predicted octanol–water partition coefficient (Wildman–Crippen LogP) is 2.99. The minimum atomic E-state index is -0.245. The van der Waals surface area contributed by atoms with Gasteiger partial charge in [-0.05, 0) is 51.0 Å². The van der Waals surface area contributed by atoms with Crippen molar-refractivity contribution in [1.82, 2.24) is 5.32 Å². The number of hydrogen-bond donors (Lipinski definition) is 2. The Labute approximate surface area is 110 Å². The number of alkyl halides is 1. The second-order valence-electron chi connectivity index (χ2n) is 4.78. The van der Waals surface area contributed by atoms with E-state index in [1.165, 1.54) is 6.07 Å². The van der Waals surface area contributed by atoms with Crippen LogP contribution in [0.4, 0.5) is 0 Å². The van der Waals surface area contributed by atoms with Gasteiger partial charge in [0.15, 0.2) is 0 Å². The van der Waals surface area contributed by atoms with E-state index in [1.54, 1.807) is 12.1 Å². The van der Waals surface area contributed by atoms with Gasteiger partial charge in [-0.1, -0.05) is 15.9 Å². The minimum absolute atomic E-state index is 0.103. The van der Waals surface area contributed by atoms with Crippen molar-refractivity contribution in [2.45, 2.75) is 32.7 Å². The average molecular weight is 300 g/mol. The standard InChI is InChI=1S/C13H18BrNO2/c1-9-8-10(16)4-5-11(9)12(17)15-13(2,3)6-7-14/h4-5,8,16H,6-7H2,1-3H3,(H,15,17). The van der Waals surface area contributed by atoms with E-state index < -0.39 is 0 Å². The van der Waals surface area contributed by atoms with Crippen molar-refractivity contribution in [2.75, 3.05) is 5.33 Å². The van der Waals surface area contributed by atoms with Crippen LogP contribution in [-0.2, 0) is 0 Å². The second kappa shape index (κ2) is 5.54. The van der Waals surface area contributed by atoms with Crippen molar-refractivity contribution >= 4 is 21.8 Å². The van der Waals surface area contributed by atoms with E-state index >= 15 is 0 Å². The number of rotatable bonds is 4. The predicted molar refractivity (Wildman–Crippen MR) is 72.8 cm³/mol. The first kappa shape index (κ1) is 14.0. The first-order valence-corrected chi connectivity index (χ1v) is 6.66. The zero-order valence-electron chi connectivity index (χ0n) is 10.4. The molecule has 0 saturated heterocycles. The van der Waals surface area contributed by atoms with Crippen LogP contribution in [0.5, 0.6) is 5.75 Å². The summed E-state index contributed by atoms with van der Waals surface area (Å²) in [5.74, 6) is 0.0761. The molecule has 0 aliphatic carbocycles. The first-order chi connectivity index (χ1) is 7.85. The maximum Gasteiger partial charge on any atom is 0.251 e. The van der Waals surface area contributed by atoms with Crippen LogP contribution in [0, 0.1) is 6.92 Å². The summed E-state index contributed by atoms with van der Waals surface area (Å²) in [6.07, 6.45) is 0.857. The van der Waals surface area contributed by atoms with Gasteiger partial charge in [-0.25, -0.2) is 0 Å². The summed E-state index contributed by atoms with van der Waals surface area (Å²) in [5, 5.41) is 13.1. The van der Waals surface area contributed by atoms with Gasteiger partial charge in [0.05, 0.1) is 0 Å². The summed E-state index contributed by atoms with van der Waals surface area (Å²) in [6.45, 7) is 5.79. The Kier molecular flexibility index (Phi) is 4.57. The molecule has 0 atom stereocenters. The van der Waals surface area contributed by atoms with E-state index in [2.05, 4.69) is 21.2 Å². The summed E-state index contributed by atoms with van der Waals surface area (Å²) in [4.78, 5) is 12.1. The van der Waals surface area contributed by atoms with Gasteiger partial charge < -0.3 is 10.4 Å². The molecule has 0 saturated carbocycles. The molecular weight excluding hydrogens is 282 g/mol. The number of halogens is 1. The van der Waals surface area contributed by atoms with Crippen LogP contribution in [-0.4, -0.2) is 21.9 Å². The Morgan fingerprint density at radius 3 is 2.65 bits per heavy atom. The fraction of sp³-hybridized carbons (Fsp3) is 0.462. The molecule has 0 bridgehead atoms. The van der Waals surface area contributed by atoms with Crippen LogP contribution < -0.4 is 5.32 Å². The highest BCUT2D eigenvalue weighted by atomic mass is 79.9. The quantitative estimate of drug-likeness (QED) is 0.840. The van der Waals surface area contributed by atoms with Gasteiger partial charge in [-0.3, -0.25) is 4.79 Å². The van der Waals surface area contributed by atoms with Gasteiger partial charge in [0.1, 0.15) is 5.75 Å². The number of hydrogen-bond acceptors (Lipinski definition) is 2. The monoisotopic (exact) mass is 299 g/mol. The maximum absolute atomic E-state index is 12.1. The Morgan fingerprint density at radius 2 is 2.12 bits per heavy atom. The van der Waals surface area contributed by atoms with E-state index in [4.69, 9.17) is 0 Å². The van der Waals surface area contributed by atoms with E-state index in [9.17, 15) is 9.90 Å². The molecule has 0 unspecified atom stereocenters. The molecule has 0 spiro atoms. The number of aromatic hydroxyl groups is 1. The van der Waals surface area contributed by atoms with Gasteiger partial charge in [0.2, 0.25) is 0 Å². The molecule has 17 heavy (non-hydrogen) atoms. The van der Waals surface area contributed by atoms with Crippen LogP contribution in [0.3, 0.4) is 0 Å². The van der Waals surface area contributed by atoms with Crippen LogP contribution in [0.25, 0.3) is 0 Å². The first-order valence-electron chi connectivity index (χ1n) is 5.54. The molecule has 1 aromatic rings. The molecule has 0 aromatic heterocycles. The maximum atomic E-state index is 12.1. The van der Waals surface area contributed by atoms with Crippen molar-refractivity contribution in [3.05, 3.63) is 29.3 Å². The van der Waals surface area contributed by atoms with Gasteiger partial charge in [-0.2, -0.15) is 0 Å². The zero-order valence-corrected chi connectivity index (χ0v) is 12.0. The summed E-state index contributed by atoms with van der Waals surface area (Å²) in [5.41, 5.74) is 1.13. The van der Waals surface area contributed by atoms with E-state index in [0.29, 0.717) is 5.56 Å². The van der Waals surface area contributed by atoms with E-state index in [-0.39, 0.29) is 17.2 Å². The average Bonchev–Trinajstić information content (AvgIpc) is 2.15. The smallest absolute Gasteiger partial charge is 0.251 e. The highest BCUT2D eigenvalue weighted by Gasteiger charge is 2.21. The molecule has 2 N–H and O–H groups in total. The number of benzene rings is 1. The zero-order chi connectivity index (χ0) is 13.1. The molecule has 94 valence electrons. The van der Waals surface area contributed by atoms with Gasteiger partial charge in [0, 0.05) is 16.4 Å². The Bertz CT molecular complexity index is 416. The third-order valence-electron chi connectivity index (χ3n) is 2.63. The number of nitrogens with one attached hydrogen (secondary N) is 1.